The molecule has 0 aliphatic carbocycles. The first-order valence-electron chi connectivity index (χ1n) is 5.70. The number of nitriles is 1. The number of nitrogens with zero attached hydrogens (tertiary/aromatic N) is 2. The van der Waals surface area contributed by atoms with Gasteiger partial charge in [-0.15, -0.1) is 0 Å². The molecule has 0 saturated carbocycles. The second kappa shape index (κ2) is 8.04. The molecule has 3 nitrogen and oxygen atoms in total. The van der Waals surface area contributed by atoms with E-state index in [0.717, 1.165) is 0 Å². The first kappa shape index (κ1) is 14.9. The van der Waals surface area contributed by atoms with E-state index in [4.69, 9.17) is 21.6 Å². The number of hydrogen-bond acceptors (Lipinski definition) is 3. The van der Waals surface area contributed by atoms with Crippen LogP contribution in [0.1, 0.15) is 12.0 Å². The lowest BCUT2D eigenvalue weighted by atomic mass is 10.2. The highest BCUT2D eigenvalue weighted by Gasteiger charge is 2.11. The molecule has 0 heterocycles. The van der Waals surface area contributed by atoms with Crippen molar-refractivity contribution >= 4 is 11.6 Å². The molecule has 1 aromatic carbocycles. The molecule has 1 rings (SSSR count). The number of hydrogen-bond donors (Lipinski definition) is 0. The Morgan fingerprint density at radius 2 is 2.22 bits per heavy atom. The summed E-state index contributed by atoms with van der Waals surface area (Å²) in [6, 6.07) is 7.03. The van der Waals surface area contributed by atoms with E-state index >= 15 is 0 Å². The van der Waals surface area contributed by atoms with E-state index < -0.39 is 5.82 Å². The van der Waals surface area contributed by atoms with Crippen LogP contribution in [0.2, 0.25) is 5.02 Å². The quantitative estimate of drug-likeness (QED) is 0.764. The van der Waals surface area contributed by atoms with Crippen LogP contribution in [0.3, 0.4) is 0 Å². The Bertz CT molecular complexity index is 420. The van der Waals surface area contributed by atoms with Crippen molar-refractivity contribution in [2.24, 2.45) is 0 Å². The smallest absolute Gasteiger partial charge is 0.146 e. The molecule has 1 aromatic rings. The number of rotatable bonds is 7. The van der Waals surface area contributed by atoms with Gasteiger partial charge < -0.3 is 4.74 Å². The van der Waals surface area contributed by atoms with Crippen LogP contribution in [0, 0.1) is 17.1 Å². The van der Waals surface area contributed by atoms with Crippen molar-refractivity contribution in [3.63, 3.8) is 0 Å². The van der Waals surface area contributed by atoms with Gasteiger partial charge in [-0.3, -0.25) is 4.90 Å². The van der Waals surface area contributed by atoms with Crippen LogP contribution in [-0.4, -0.2) is 31.7 Å². The maximum Gasteiger partial charge on any atom is 0.146 e. The summed E-state index contributed by atoms with van der Waals surface area (Å²) in [5.41, 5.74) is 0.538. The Morgan fingerprint density at radius 3 is 2.89 bits per heavy atom. The van der Waals surface area contributed by atoms with E-state index in [0.29, 0.717) is 38.2 Å². The van der Waals surface area contributed by atoms with E-state index in [2.05, 4.69) is 6.07 Å². The molecule has 0 amide bonds. The zero-order valence-corrected chi connectivity index (χ0v) is 11.1. The van der Waals surface area contributed by atoms with Crippen molar-refractivity contribution in [1.82, 2.24) is 4.90 Å². The van der Waals surface area contributed by atoms with Gasteiger partial charge in [0.05, 0.1) is 17.7 Å². The number of methoxy groups -OCH3 is 1. The van der Waals surface area contributed by atoms with Crippen LogP contribution in [0.15, 0.2) is 18.2 Å². The summed E-state index contributed by atoms with van der Waals surface area (Å²) in [4.78, 5) is 1.97. The summed E-state index contributed by atoms with van der Waals surface area (Å²) in [6.07, 6.45) is 0.409. The van der Waals surface area contributed by atoms with Gasteiger partial charge in [-0.1, -0.05) is 23.7 Å². The Labute approximate surface area is 112 Å². The summed E-state index contributed by atoms with van der Waals surface area (Å²) in [7, 11) is 1.61. The Balaban J connectivity index is 2.69. The van der Waals surface area contributed by atoms with Gasteiger partial charge in [0, 0.05) is 38.7 Å². The predicted octanol–water partition coefficient (Wildman–Crippen LogP) is 2.84. The lowest BCUT2D eigenvalue weighted by Gasteiger charge is -2.21. The predicted molar refractivity (Wildman–Crippen MR) is 68.8 cm³/mol. The molecular weight excluding hydrogens is 255 g/mol. The van der Waals surface area contributed by atoms with Crippen molar-refractivity contribution in [2.45, 2.75) is 13.0 Å². The molecule has 0 fully saturated rings. The fraction of sp³-hybridized carbons (Fsp3) is 0.462. The minimum Gasteiger partial charge on any atom is -0.383 e. The highest BCUT2D eigenvalue weighted by atomic mass is 35.5. The molecule has 0 aromatic heterocycles. The van der Waals surface area contributed by atoms with Crippen LogP contribution in [0.25, 0.3) is 0 Å². The standard InChI is InChI=1S/C13H16ClFN2O/c1-18-9-8-17(7-3-6-16)10-11-4-2-5-12(14)13(11)15/h2,4-5H,3,7-10H2,1H3. The van der Waals surface area contributed by atoms with Crippen LogP contribution in [0.4, 0.5) is 4.39 Å². The van der Waals surface area contributed by atoms with Gasteiger partial charge in [-0.2, -0.15) is 5.26 Å². The molecule has 5 heteroatoms. The fourth-order valence-electron chi connectivity index (χ4n) is 1.61. The van der Waals surface area contributed by atoms with Crippen LogP contribution >= 0.6 is 11.6 Å². The van der Waals surface area contributed by atoms with Gasteiger partial charge in [0.25, 0.3) is 0 Å². The summed E-state index contributed by atoms with van der Waals surface area (Å²) in [5, 5.41) is 8.73. The highest BCUT2D eigenvalue weighted by molar-refractivity contribution is 6.30. The van der Waals surface area contributed by atoms with Gasteiger partial charge in [-0.05, 0) is 6.07 Å². The molecule has 98 valence electrons. The first-order valence-corrected chi connectivity index (χ1v) is 6.08. The second-order valence-electron chi connectivity index (χ2n) is 3.89. The normalized spacial score (nSPS) is 10.6. The van der Waals surface area contributed by atoms with Crippen LogP contribution in [-0.2, 0) is 11.3 Å². The zero-order chi connectivity index (χ0) is 13.4. The average molecular weight is 271 g/mol. The Kier molecular flexibility index (Phi) is 6.66. The van der Waals surface area contributed by atoms with Gasteiger partial charge >= 0.3 is 0 Å². The molecule has 0 aliphatic heterocycles. The monoisotopic (exact) mass is 270 g/mol. The van der Waals surface area contributed by atoms with Crippen molar-refractivity contribution in [1.29, 1.82) is 5.26 Å². The molecule has 0 N–H and O–H groups in total. The largest absolute Gasteiger partial charge is 0.383 e. The Hall–Kier alpha value is -1.15. The van der Waals surface area contributed by atoms with Crippen molar-refractivity contribution in [2.75, 3.05) is 26.8 Å². The lowest BCUT2D eigenvalue weighted by Crippen LogP contribution is -2.28. The SMILES string of the molecule is COCCN(CCC#N)Cc1cccc(Cl)c1F. The Morgan fingerprint density at radius 1 is 1.44 bits per heavy atom. The maximum atomic E-state index is 13.8. The third-order valence-electron chi connectivity index (χ3n) is 2.58. The molecule has 0 atom stereocenters. The zero-order valence-electron chi connectivity index (χ0n) is 10.3. The summed E-state index contributed by atoms with van der Waals surface area (Å²) in [5.74, 6) is -0.390. The van der Waals surface area contributed by atoms with Crippen molar-refractivity contribution in [3.05, 3.63) is 34.6 Å². The molecule has 0 radical (unpaired) electrons. The lowest BCUT2D eigenvalue weighted by molar-refractivity contribution is 0.144. The van der Waals surface area contributed by atoms with E-state index in [1.807, 2.05) is 4.90 Å². The first-order chi connectivity index (χ1) is 8.69. The van der Waals surface area contributed by atoms with E-state index in [9.17, 15) is 4.39 Å². The van der Waals surface area contributed by atoms with E-state index in [-0.39, 0.29) is 5.02 Å². The van der Waals surface area contributed by atoms with E-state index in [1.54, 1.807) is 19.2 Å². The topological polar surface area (TPSA) is 36.3 Å². The minimum atomic E-state index is -0.390. The second-order valence-corrected chi connectivity index (χ2v) is 4.30. The number of benzene rings is 1. The van der Waals surface area contributed by atoms with E-state index in [1.165, 1.54) is 6.07 Å². The minimum absolute atomic E-state index is 0.125. The van der Waals surface area contributed by atoms with Gasteiger partial charge in [0.1, 0.15) is 5.82 Å². The number of ether oxygens (including phenoxy) is 1. The van der Waals surface area contributed by atoms with Crippen LogP contribution < -0.4 is 0 Å². The summed E-state index contributed by atoms with van der Waals surface area (Å²) in [6.45, 7) is 2.22. The van der Waals surface area contributed by atoms with Crippen molar-refractivity contribution in [3.8, 4) is 6.07 Å². The van der Waals surface area contributed by atoms with Gasteiger partial charge in [0.2, 0.25) is 0 Å². The fourth-order valence-corrected chi connectivity index (χ4v) is 1.80. The van der Waals surface area contributed by atoms with Crippen LogP contribution in [0.5, 0.6) is 0 Å². The molecule has 0 spiro atoms. The summed E-state index contributed by atoms with van der Waals surface area (Å²) < 4.78 is 18.8. The third kappa shape index (κ3) is 4.61. The molecule has 0 saturated heterocycles. The van der Waals surface area contributed by atoms with Gasteiger partial charge in [-0.25, -0.2) is 4.39 Å². The van der Waals surface area contributed by atoms with Gasteiger partial charge in [0.15, 0.2) is 0 Å². The maximum absolute atomic E-state index is 13.8. The third-order valence-corrected chi connectivity index (χ3v) is 2.87. The van der Waals surface area contributed by atoms with Crippen molar-refractivity contribution < 1.29 is 9.13 Å². The molecular formula is C13H16ClFN2O. The molecule has 18 heavy (non-hydrogen) atoms. The molecule has 0 unspecified atom stereocenters. The highest BCUT2D eigenvalue weighted by Crippen LogP contribution is 2.19. The number of halogens is 2. The average Bonchev–Trinajstić information content (AvgIpc) is 2.38. The molecule has 0 aliphatic rings. The molecule has 0 bridgehead atoms. The summed E-state index contributed by atoms with van der Waals surface area (Å²) >= 11 is 5.74.